The van der Waals surface area contributed by atoms with Crippen LogP contribution in [0.25, 0.3) is 21.5 Å². The number of benzene rings is 1. The number of halogens is 6. The van der Waals surface area contributed by atoms with E-state index in [9.17, 15) is 35.9 Å². The third-order valence-corrected chi connectivity index (χ3v) is 6.77. The normalized spacial score (nSPS) is 17.2. The smallest absolute Gasteiger partial charge is 0.379 e. The summed E-state index contributed by atoms with van der Waals surface area (Å²) in [4.78, 5) is 30.0. The molecule has 0 fully saturated rings. The molecule has 0 saturated heterocycles. The highest BCUT2D eigenvalue weighted by Gasteiger charge is 2.40. The van der Waals surface area contributed by atoms with Crippen molar-refractivity contribution in [2.45, 2.75) is 29.9 Å². The SMILES string of the molecule is CO[C@@H]1CSc2c(-c3nc(C(F)(F)F)cs3)c(C(F)(F)F)cc3c(=O)[nH]c(=O)n(c23)C1. The predicted molar refractivity (Wildman–Crippen MR) is 101 cm³/mol. The lowest BCUT2D eigenvalue weighted by Crippen LogP contribution is -2.34. The Morgan fingerprint density at radius 3 is 2.48 bits per heavy atom. The molecule has 1 aromatic carbocycles. The Balaban J connectivity index is 2.15. The molecule has 0 spiro atoms. The Labute approximate surface area is 176 Å². The van der Waals surface area contributed by atoms with Crippen LogP contribution in [-0.4, -0.2) is 33.5 Å². The first-order valence-electron chi connectivity index (χ1n) is 8.51. The van der Waals surface area contributed by atoms with Crippen LogP contribution >= 0.6 is 23.1 Å². The molecule has 3 heterocycles. The fourth-order valence-corrected chi connectivity index (χ4v) is 5.52. The molecule has 0 amide bonds. The molecule has 1 atom stereocenters. The first-order chi connectivity index (χ1) is 14.4. The van der Waals surface area contributed by atoms with E-state index in [-0.39, 0.29) is 22.7 Å². The summed E-state index contributed by atoms with van der Waals surface area (Å²) < 4.78 is 87.2. The average Bonchev–Trinajstić information content (AvgIpc) is 3.07. The van der Waals surface area contributed by atoms with Crippen molar-refractivity contribution in [2.75, 3.05) is 12.9 Å². The molecule has 3 aromatic rings. The Bertz CT molecular complexity index is 1290. The molecule has 2 aromatic heterocycles. The summed E-state index contributed by atoms with van der Waals surface area (Å²) in [5.41, 5.74) is -5.21. The zero-order valence-electron chi connectivity index (χ0n) is 15.3. The summed E-state index contributed by atoms with van der Waals surface area (Å²) in [6, 6.07) is 0.547. The Hall–Kier alpha value is -2.32. The maximum atomic E-state index is 13.9. The number of methoxy groups -OCH3 is 1. The van der Waals surface area contributed by atoms with E-state index >= 15 is 0 Å². The van der Waals surface area contributed by atoms with Gasteiger partial charge in [-0.2, -0.15) is 26.3 Å². The van der Waals surface area contributed by atoms with Crippen LogP contribution in [-0.2, 0) is 23.6 Å². The first-order valence-corrected chi connectivity index (χ1v) is 10.4. The van der Waals surface area contributed by atoms with E-state index in [4.69, 9.17) is 4.74 Å². The molecule has 1 aliphatic heterocycles. The highest BCUT2D eigenvalue weighted by molar-refractivity contribution is 7.99. The van der Waals surface area contributed by atoms with Crippen molar-refractivity contribution in [3.8, 4) is 10.6 Å². The Morgan fingerprint density at radius 2 is 1.90 bits per heavy atom. The zero-order chi connectivity index (χ0) is 22.7. The molecule has 0 aliphatic carbocycles. The van der Waals surface area contributed by atoms with Crippen molar-refractivity contribution < 1.29 is 31.1 Å². The number of hydrogen-bond donors (Lipinski definition) is 1. The van der Waals surface area contributed by atoms with Gasteiger partial charge in [0.15, 0.2) is 5.69 Å². The van der Waals surface area contributed by atoms with Crippen LogP contribution in [0, 0.1) is 0 Å². The van der Waals surface area contributed by atoms with E-state index in [1.54, 1.807) is 0 Å². The molecule has 6 nitrogen and oxygen atoms in total. The number of aromatic amines is 1. The van der Waals surface area contributed by atoms with E-state index in [2.05, 4.69) is 4.98 Å². The van der Waals surface area contributed by atoms with Gasteiger partial charge in [0.25, 0.3) is 5.56 Å². The van der Waals surface area contributed by atoms with Crippen LogP contribution in [0.2, 0.25) is 0 Å². The van der Waals surface area contributed by atoms with E-state index in [1.165, 1.54) is 7.11 Å². The summed E-state index contributed by atoms with van der Waals surface area (Å²) >= 11 is 1.27. The van der Waals surface area contributed by atoms with Gasteiger partial charge in [-0.3, -0.25) is 14.3 Å². The van der Waals surface area contributed by atoms with E-state index in [1.807, 2.05) is 4.98 Å². The number of ether oxygens (including phenoxy) is 1. The fraction of sp³-hybridized carbons (Fsp3) is 0.353. The minimum atomic E-state index is -5.00. The van der Waals surface area contributed by atoms with Gasteiger partial charge in [-0.05, 0) is 6.07 Å². The number of thiazole rings is 1. The summed E-state index contributed by atoms with van der Waals surface area (Å²) in [5, 5.41) is -0.293. The van der Waals surface area contributed by atoms with E-state index in [0.717, 1.165) is 16.3 Å². The lowest BCUT2D eigenvalue weighted by molar-refractivity contribution is -0.140. The Morgan fingerprint density at radius 1 is 1.19 bits per heavy atom. The third-order valence-electron chi connectivity index (χ3n) is 4.68. The van der Waals surface area contributed by atoms with Crippen molar-refractivity contribution in [3.05, 3.63) is 43.5 Å². The van der Waals surface area contributed by atoms with Gasteiger partial charge in [0, 0.05) is 28.7 Å². The molecule has 1 N–H and O–H groups in total. The maximum absolute atomic E-state index is 13.9. The van der Waals surface area contributed by atoms with Crippen LogP contribution < -0.4 is 11.2 Å². The van der Waals surface area contributed by atoms with Crippen molar-refractivity contribution >= 4 is 34.0 Å². The highest BCUT2D eigenvalue weighted by Crippen LogP contribution is 2.47. The molecule has 0 bridgehead atoms. The number of H-pyrrole nitrogens is 1. The highest BCUT2D eigenvalue weighted by atomic mass is 32.2. The summed E-state index contributed by atoms with van der Waals surface area (Å²) in [6.45, 7) is -0.0565. The van der Waals surface area contributed by atoms with Crippen LogP contribution in [0.5, 0.6) is 0 Å². The lowest BCUT2D eigenvalue weighted by Gasteiger charge is -2.18. The number of nitrogens with zero attached hydrogens (tertiary/aromatic N) is 2. The van der Waals surface area contributed by atoms with Crippen molar-refractivity contribution in [1.29, 1.82) is 0 Å². The minimum Gasteiger partial charge on any atom is -0.379 e. The molecule has 0 unspecified atom stereocenters. The second-order valence-corrected chi connectivity index (χ2v) is 8.48. The quantitative estimate of drug-likeness (QED) is 0.559. The third kappa shape index (κ3) is 3.76. The molecule has 0 saturated carbocycles. The lowest BCUT2D eigenvalue weighted by atomic mass is 10.0. The monoisotopic (exact) mass is 483 g/mol. The van der Waals surface area contributed by atoms with Gasteiger partial charge in [-0.15, -0.1) is 23.1 Å². The van der Waals surface area contributed by atoms with Gasteiger partial charge in [-0.1, -0.05) is 0 Å². The number of nitrogens with one attached hydrogen (secondary N) is 1. The van der Waals surface area contributed by atoms with Gasteiger partial charge in [-0.25, -0.2) is 9.78 Å². The second kappa shape index (κ2) is 7.38. The molecule has 14 heteroatoms. The predicted octanol–water partition coefficient (Wildman–Crippen LogP) is 3.97. The second-order valence-electron chi connectivity index (χ2n) is 6.60. The molecular weight excluding hydrogens is 472 g/mol. The van der Waals surface area contributed by atoms with Crippen LogP contribution in [0.3, 0.4) is 0 Å². The number of rotatable bonds is 2. The van der Waals surface area contributed by atoms with Crippen LogP contribution in [0.1, 0.15) is 11.3 Å². The Kier molecular flexibility index (Phi) is 5.21. The largest absolute Gasteiger partial charge is 0.434 e. The summed E-state index contributed by atoms with van der Waals surface area (Å²) in [7, 11) is 1.35. The van der Waals surface area contributed by atoms with Crippen molar-refractivity contribution in [3.63, 3.8) is 0 Å². The van der Waals surface area contributed by atoms with Crippen molar-refractivity contribution in [1.82, 2.24) is 14.5 Å². The summed E-state index contributed by atoms with van der Waals surface area (Å²) in [6.07, 6.45) is -10.4. The van der Waals surface area contributed by atoms with E-state index in [0.29, 0.717) is 22.8 Å². The number of thioether (sulfide) groups is 1. The molecular formula is C17H11F6N3O3S2. The minimum absolute atomic E-state index is 0.0565. The summed E-state index contributed by atoms with van der Waals surface area (Å²) in [5.74, 6) is 0.104. The van der Waals surface area contributed by atoms with Gasteiger partial charge < -0.3 is 4.74 Å². The van der Waals surface area contributed by atoms with E-state index < -0.39 is 56.9 Å². The van der Waals surface area contributed by atoms with Gasteiger partial charge in [0.05, 0.1) is 29.1 Å². The average molecular weight is 483 g/mol. The number of aromatic nitrogens is 3. The number of hydrogen-bond acceptors (Lipinski definition) is 6. The van der Waals surface area contributed by atoms with Gasteiger partial charge >= 0.3 is 18.0 Å². The fourth-order valence-electron chi connectivity index (χ4n) is 3.27. The standard InChI is InChI=1S/C17H11F6N3O3S2/c1-29-6-3-26-11-7(13(27)25-15(26)28)2-8(16(18,19)20)10(12(11)30-4-6)14-24-9(5-31-14)17(21,22)23/h2,5-6H,3-4H2,1H3,(H,25,27,28)/t6-/m0/s1. The van der Waals surface area contributed by atoms with Crippen LogP contribution in [0.4, 0.5) is 26.3 Å². The number of alkyl halides is 6. The topological polar surface area (TPSA) is 77.0 Å². The molecule has 1 aliphatic rings. The zero-order valence-corrected chi connectivity index (χ0v) is 17.0. The maximum Gasteiger partial charge on any atom is 0.434 e. The van der Waals surface area contributed by atoms with Crippen LogP contribution in [0.15, 0.2) is 25.9 Å². The van der Waals surface area contributed by atoms with Gasteiger partial charge in [0.2, 0.25) is 0 Å². The molecule has 4 rings (SSSR count). The first kappa shape index (κ1) is 21.9. The molecule has 166 valence electrons. The van der Waals surface area contributed by atoms with Crippen molar-refractivity contribution in [2.24, 2.45) is 0 Å². The van der Waals surface area contributed by atoms with Gasteiger partial charge in [0.1, 0.15) is 5.01 Å². The molecule has 0 radical (unpaired) electrons. The molecule has 31 heavy (non-hydrogen) atoms.